The highest BCUT2D eigenvalue weighted by atomic mass is 35.5. The van der Waals surface area contributed by atoms with Crippen LogP contribution in [0, 0.1) is 0 Å². The van der Waals surface area contributed by atoms with Gasteiger partial charge in [0.15, 0.2) is 0 Å². The Bertz CT molecular complexity index is 1040. The van der Waals surface area contributed by atoms with E-state index in [0.717, 1.165) is 37.6 Å². The molecule has 7 nitrogen and oxygen atoms in total. The van der Waals surface area contributed by atoms with Crippen LogP contribution in [0.25, 0.3) is 0 Å². The highest BCUT2D eigenvalue weighted by Crippen LogP contribution is 2.35. The highest BCUT2D eigenvalue weighted by Gasteiger charge is 2.29. The van der Waals surface area contributed by atoms with E-state index in [4.69, 9.17) is 16.5 Å². The van der Waals surface area contributed by atoms with Gasteiger partial charge in [0.2, 0.25) is 5.88 Å². The van der Waals surface area contributed by atoms with E-state index >= 15 is 0 Å². The van der Waals surface area contributed by atoms with E-state index in [0.29, 0.717) is 15.8 Å². The zero-order valence-corrected chi connectivity index (χ0v) is 20.6. The van der Waals surface area contributed by atoms with Crippen molar-refractivity contribution in [1.29, 1.82) is 0 Å². The minimum Gasteiger partial charge on any atom is -0.479 e. The molecular formula is C23H31ClN4O3S. The maximum Gasteiger partial charge on any atom is 0.278 e. The van der Waals surface area contributed by atoms with Gasteiger partial charge in [-0.05, 0) is 42.7 Å². The van der Waals surface area contributed by atoms with Gasteiger partial charge in [-0.3, -0.25) is 4.90 Å². The number of sulfonamides is 1. The van der Waals surface area contributed by atoms with Crippen LogP contribution in [0.4, 0.5) is 11.5 Å². The number of hydrogen-bond donors (Lipinski definition) is 0. The Morgan fingerprint density at radius 1 is 1.25 bits per heavy atom. The molecule has 2 aromatic rings. The summed E-state index contributed by atoms with van der Waals surface area (Å²) in [4.78, 5) is 9.18. The smallest absolute Gasteiger partial charge is 0.278 e. The number of nitrogens with zero attached hydrogens (tertiary/aromatic N) is 4. The molecule has 3 rings (SSSR count). The van der Waals surface area contributed by atoms with Crippen LogP contribution in [-0.2, 0) is 10.0 Å². The second kappa shape index (κ2) is 10.1. The van der Waals surface area contributed by atoms with Crippen molar-refractivity contribution in [3.8, 4) is 5.88 Å². The van der Waals surface area contributed by atoms with Crippen LogP contribution in [0.15, 0.2) is 53.9 Å². The van der Waals surface area contributed by atoms with E-state index in [1.54, 1.807) is 36.4 Å². The van der Waals surface area contributed by atoms with Gasteiger partial charge in [0.25, 0.3) is 10.0 Å². The van der Waals surface area contributed by atoms with E-state index < -0.39 is 10.0 Å². The molecule has 2 heterocycles. The summed E-state index contributed by atoms with van der Waals surface area (Å²) in [6.45, 7) is 13.4. The number of aromatic nitrogens is 1. The third-order valence-corrected chi connectivity index (χ3v) is 7.93. The molecule has 1 fully saturated rings. The van der Waals surface area contributed by atoms with Gasteiger partial charge in [-0.15, -0.1) is 6.58 Å². The SMILES string of the molecule is C=CCN1CCN(c2ccc(N(Cl)S(=O)(=O)c3ccc(C(C)C)cc3)c(OC)n2)C[C@@H]1C. The van der Waals surface area contributed by atoms with Crippen molar-refractivity contribution in [2.45, 2.75) is 37.6 Å². The summed E-state index contributed by atoms with van der Waals surface area (Å²) in [6.07, 6.45) is 1.91. The second-order valence-electron chi connectivity index (χ2n) is 8.22. The highest BCUT2D eigenvalue weighted by molar-refractivity contribution is 7.94. The number of methoxy groups -OCH3 is 1. The van der Waals surface area contributed by atoms with Crippen LogP contribution in [0.1, 0.15) is 32.3 Å². The van der Waals surface area contributed by atoms with Crippen LogP contribution in [0.2, 0.25) is 0 Å². The van der Waals surface area contributed by atoms with Gasteiger partial charge >= 0.3 is 0 Å². The number of piperazine rings is 1. The third-order valence-electron chi connectivity index (χ3n) is 5.72. The molecule has 0 aliphatic carbocycles. The average molecular weight is 479 g/mol. The number of ether oxygens (including phenoxy) is 1. The van der Waals surface area contributed by atoms with Crippen LogP contribution in [0.5, 0.6) is 5.88 Å². The Kier molecular flexibility index (Phi) is 7.69. The molecule has 32 heavy (non-hydrogen) atoms. The van der Waals surface area contributed by atoms with Crippen molar-refractivity contribution >= 4 is 33.3 Å². The predicted octanol–water partition coefficient (Wildman–Crippen LogP) is 4.26. The van der Waals surface area contributed by atoms with Crippen LogP contribution in [0.3, 0.4) is 0 Å². The Morgan fingerprint density at radius 3 is 2.50 bits per heavy atom. The van der Waals surface area contributed by atoms with E-state index in [2.05, 4.69) is 42.1 Å². The van der Waals surface area contributed by atoms with E-state index in [9.17, 15) is 8.42 Å². The molecule has 9 heteroatoms. The molecule has 1 atom stereocenters. The van der Waals surface area contributed by atoms with E-state index in [-0.39, 0.29) is 16.5 Å². The first kappa shape index (κ1) is 24.4. The molecule has 0 radical (unpaired) electrons. The van der Waals surface area contributed by atoms with Crippen molar-refractivity contribution in [3.05, 3.63) is 54.6 Å². The minimum atomic E-state index is -3.98. The first-order valence-electron chi connectivity index (χ1n) is 10.6. The molecule has 174 valence electrons. The Balaban J connectivity index is 1.84. The van der Waals surface area contributed by atoms with Gasteiger partial charge in [-0.1, -0.05) is 32.1 Å². The van der Waals surface area contributed by atoms with E-state index in [1.807, 2.05) is 6.08 Å². The van der Waals surface area contributed by atoms with Gasteiger partial charge in [-0.2, -0.15) is 17.2 Å². The molecule has 0 bridgehead atoms. The second-order valence-corrected chi connectivity index (χ2v) is 10.5. The number of pyridine rings is 1. The zero-order valence-electron chi connectivity index (χ0n) is 19.0. The summed E-state index contributed by atoms with van der Waals surface area (Å²) in [5, 5.41) is 0. The fourth-order valence-corrected chi connectivity index (χ4v) is 5.20. The summed E-state index contributed by atoms with van der Waals surface area (Å²) in [5.74, 6) is 1.18. The molecule has 1 saturated heterocycles. The predicted molar refractivity (Wildman–Crippen MR) is 130 cm³/mol. The molecule has 1 aliphatic rings. The van der Waals surface area contributed by atoms with Crippen molar-refractivity contribution in [1.82, 2.24) is 9.88 Å². The first-order valence-corrected chi connectivity index (χ1v) is 12.4. The lowest BCUT2D eigenvalue weighted by Crippen LogP contribution is -2.52. The van der Waals surface area contributed by atoms with Crippen LogP contribution in [-0.4, -0.2) is 57.6 Å². The number of hydrogen-bond acceptors (Lipinski definition) is 6. The molecule has 0 spiro atoms. The number of rotatable bonds is 8. The normalized spacial score (nSPS) is 17.4. The largest absolute Gasteiger partial charge is 0.479 e. The van der Waals surface area contributed by atoms with E-state index in [1.165, 1.54) is 7.11 Å². The van der Waals surface area contributed by atoms with Gasteiger partial charge in [0.05, 0.1) is 12.0 Å². The molecule has 1 aliphatic heterocycles. The third kappa shape index (κ3) is 5.03. The summed E-state index contributed by atoms with van der Waals surface area (Å²) >= 11 is 6.33. The molecule has 0 unspecified atom stereocenters. The summed E-state index contributed by atoms with van der Waals surface area (Å²) in [6, 6.07) is 10.5. The van der Waals surface area contributed by atoms with Crippen molar-refractivity contribution < 1.29 is 13.2 Å². The molecule has 0 N–H and O–H groups in total. The van der Waals surface area contributed by atoms with Crippen LogP contribution >= 0.6 is 11.8 Å². The average Bonchev–Trinajstić information content (AvgIpc) is 2.79. The fourth-order valence-electron chi connectivity index (χ4n) is 3.77. The maximum absolute atomic E-state index is 13.1. The van der Waals surface area contributed by atoms with Crippen molar-refractivity contribution in [2.24, 2.45) is 0 Å². The maximum atomic E-state index is 13.1. The first-order chi connectivity index (χ1) is 15.2. The Labute approximate surface area is 196 Å². The Hall–Kier alpha value is -2.29. The quantitative estimate of drug-likeness (QED) is 0.417. The van der Waals surface area contributed by atoms with Gasteiger partial charge in [-0.25, -0.2) is 0 Å². The monoisotopic (exact) mass is 478 g/mol. The summed E-state index contributed by atoms with van der Waals surface area (Å²) in [5.41, 5.74) is 1.22. The minimum absolute atomic E-state index is 0.107. The zero-order chi connectivity index (χ0) is 23.5. The van der Waals surface area contributed by atoms with Crippen molar-refractivity contribution in [2.75, 3.05) is 42.0 Å². The lowest BCUT2D eigenvalue weighted by molar-refractivity contribution is 0.209. The summed E-state index contributed by atoms with van der Waals surface area (Å²) in [7, 11) is -2.52. The van der Waals surface area contributed by atoms with Gasteiger partial charge in [0, 0.05) is 44.0 Å². The molecule has 0 amide bonds. The lowest BCUT2D eigenvalue weighted by atomic mass is 10.0. The molecule has 1 aromatic heterocycles. The number of anilines is 2. The lowest BCUT2D eigenvalue weighted by Gasteiger charge is -2.40. The molecular weight excluding hydrogens is 448 g/mol. The fraction of sp³-hybridized carbons (Fsp3) is 0.435. The molecule has 1 aromatic carbocycles. The number of halogens is 1. The van der Waals surface area contributed by atoms with Gasteiger partial charge in [0.1, 0.15) is 11.5 Å². The summed E-state index contributed by atoms with van der Waals surface area (Å²) < 4.78 is 32.3. The molecule has 0 saturated carbocycles. The number of benzene rings is 1. The van der Waals surface area contributed by atoms with Crippen molar-refractivity contribution in [3.63, 3.8) is 0 Å². The Morgan fingerprint density at radius 2 is 1.94 bits per heavy atom. The topological polar surface area (TPSA) is 66.0 Å². The van der Waals surface area contributed by atoms with Gasteiger partial charge < -0.3 is 9.64 Å². The van der Waals surface area contributed by atoms with Crippen LogP contribution < -0.4 is 13.5 Å². The standard InChI is InChI=1S/C23H31ClN4O3S/c1-6-13-26-14-15-27(16-18(26)4)22-12-11-21(23(25-22)31-5)28(24)32(29,30)20-9-7-19(8-10-20)17(2)3/h6-12,17-18H,1,13-16H2,2-5H3/t18-/m0/s1.